The molecule has 0 radical (unpaired) electrons. The quantitative estimate of drug-likeness (QED) is 0.513. The summed E-state index contributed by atoms with van der Waals surface area (Å²) in [5, 5.41) is 28.6. The van der Waals surface area contributed by atoms with Crippen molar-refractivity contribution in [3.8, 4) is 28.5 Å². The first-order valence-corrected chi connectivity index (χ1v) is 9.97. The molecule has 3 heterocycles. The summed E-state index contributed by atoms with van der Waals surface area (Å²) in [6, 6.07) is 12.9. The maximum absolute atomic E-state index is 10.3. The fourth-order valence-electron chi connectivity index (χ4n) is 3.82. The first-order valence-electron chi connectivity index (χ1n) is 9.59. The van der Waals surface area contributed by atoms with Crippen LogP contribution in [0.5, 0.6) is 11.5 Å². The molecule has 0 amide bonds. The Kier molecular flexibility index (Phi) is 4.69. The SMILES string of the molecule is Oc1cc(O)c(-c2onc3c2CN(Cc2cccc(-n4cccn4)c2)CC3)cc1Cl. The number of aromatic nitrogens is 3. The van der Waals surface area contributed by atoms with E-state index in [2.05, 4.69) is 27.3 Å². The van der Waals surface area contributed by atoms with Crippen molar-refractivity contribution in [2.75, 3.05) is 6.54 Å². The Morgan fingerprint density at radius 3 is 2.83 bits per heavy atom. The molecule has 1 aliphatic heterocycles. The molecule has 0 fully saturated rings. The number of halogens is 1. The van der Waals surface area contributed by atoms with Crippen LogP contribution in [0.1, 0.15) is 16.8 Å². The Labute approximate surface area is 177 Å². The summed E-state index contributed by atoms with van der Waals surface area (Å²) in [6.45, 7) is 2.26. The molecule has 5 rings (SSSR count). The van der Waals surface area contributed by atoms with Crippen molar-refractivity contribution in [3.05, 3.63) is 76.7 Å². The molecule has 2 aromatic carbocycles. The lowest BCUT2D eigenvalue weighted by atomic mass is 10.0. The van der Waals surface area contributed by atoms with Gasteiger partial charge in [0.15, 0.2) is 5.76 Å². The average Bonchev–Trinajstić information content (AvgIpc) is 3.41. The maximum Gasteiger partial charge on any atom is 0.175 e. The van der Waals surface area contributed by atoms with Gasteiger partial charge in [-0.15, -0.1) is 0 Å². The van der Waals surface area contributed by atoms with E-state index >= 15 is 0 Å². The van der Waals surface area contributed by atoms with Gasteiger partial charge in [-0.25, -0.2) is 4.68 Å². The van der Waals surface area contributed by atoms with Crippen LogP contribution < -0.4 is 0 Å². The minimum absolute atomic E-state index is 0.0973. The van der Waals surface area contributed by atoms with E-state index in [1.165, 1.54) is 17.7 Å². The molecule has 2 N–H and O–H groups in total. The Hall–Kier alpha value is -3.29. The lowest BCUT2D eigenvalue weighted by Crippen LogP contribution is -2.30. The first-order chi connectivity index (χ1) is 14.6. The van der Waals surface area contributed by atoms with Crippen LogP contribution in [0.2, 0.25) is 5.02 Å². The van der Waals surface area contributed by atoms with Gasteiger partial charge in [-0.05, 0) is 29.8 Å². The lowest BCUT2D eigenvalue weighted by Gasteiger charge is -2.26. The van der Waals surface area contributed by atoms with Crippen molar-refractivity contribution in [2.24, 2.45) is 0 Å². The van der Waals surface area contributed by atoms with Gasteiger partial charge in [0.2, 0.25) is 0 Å². The van der Waals surface area contributed by atoms with Gasteiger partial charge < -0.3 is 14.7 Å². The second-order valence-corrected chi connectivity index (χ2v) is 7.75. The normalized spacial score (nSPS) is 14.0. The molecule has 2 aromatic heterocycles. The van der Waals surface area contributed by atoms with Crippen LogP contribution in [0, 0.1) is 0 Å². The molecule has 0 saturated carbocycles. The third kappa shape index (κ3) is 3.42. The summed E-state index contributed by atoms with van der Waals surface area (Å²) >= 11 is 6.04. The van der Waals surface area contributed by atoms with Gasteiger partial charge in [0.1, 0.15) is 11.5 Å². The molecule has 8 heteroatoms. The molecular formula is C22H19ClN4O3. The van der Waals surface area contributed by atoms with Gasteiger partial charge in [0.25, 0.3) is 0 Å². The molecule has 0 atom stereocenters. The molecule has 4 aromatic rings. The Bertz CT molecular complexity index is 1200. The third-order valence-corrected chi connectivity index (χ3v) is 5.61. The second kappa shape index (κ2) is 7.51. The molecule has 30 heavy (non-hydrogen) atoms. The van der Waals surface area contributed by atoms with E-state index in [-0.39, 0.29) is 16.5 Å². The van der Waals surface area contributed by atoms with Gasteiger partial charge in [0, 0.05) is 50.1 Å². The number of fused-ring (bicyclic) bond motifs is 1. The summed E-state index contributed by atoms with van der Waals surface area (Å²) in [5.41, 5.74) is 4.44. The largest absolute Gasteiger partial charge is 0.507 e. The Balaban J connectivity index is 1.40. The van der Waals surface area contributed by atoms with E-state index in [9.17, 15) is 10.2 Å². The Morgan fingerprint density at radius 2 is 2.00 bits per heavy atom. The zero-order valence-electron chi connectivity index (χ0n) is 16.0. The van der Waals surface area contributed by atoms with E-state index < -0.39 is 0 Å². The van der Waals surface area contributed by atoms with Crippen molar-refractivity contribution in [2.45, 2.75) is 19.5 Å². The lowest BCUT2D eigenvalue weighted by molar-refractivity contribution is 0.245. The first kappa shape index (κ1) is 18.7. The van der Waals surface area contributed by atoms with Gasteiger partial charge in [-0.3, -0.25) is 4.90 Å². The molecule has 152 valence electrons. The molecule has 0 aliphatic carbocycles. The summed E-state index contributed by atoms with van der Waals surface area (Å²) in [5.74, 6) is 0.212. The fraction of sp³-hybridized carbons (Fsp3) is 0.182. The van der Waals surface area contributed by atoms with Crippen LogP contribution >= 0.6 is 11.6 Å². The predicted octanol–water partition coefficient (Wildman–Crippen LogP) is 4.15. The van der Waals surface area contributed by atoms with Gasteiger partial charge in [-0.2, -0.15) is 5.10 Å². The minimum Gasteiger partial charge on any atom is -0.507 e. The zero-order chi connectivity index (χ0) is 20.7. The third-order valence-electron chi connectivity index (χ3n) is 5.31. The van der Waals surface area contributed by atoms with Crippen LogP contribution in [0.3, 0.4) is 0 Å². The van der Waals surface area contributed by atoms with Crippen LogP contribution in [-0.4, -0.2) is 36.6 Å². The average molecular weight is 423 g/mol. The number of aromatic hydroxyl groups is 2. The standard InChI is InChI=1S/C22H19ClN4O3/c23-18-10-16(20(28)11-21(18)29)22-17-13-26(8-5-19(17)25-30-22)12-14-3-1-4-15(9-14)27-7-2-6-24-27/h1-4,6-7,9-11,28-29H,5,8,12-13H2. The predicted molar refractivity (Wildman–Crippen MR) is 112 cm³/mol. The second-order valence-electron chi connectivity index (χ2n) is 7.34. The van der Waals surface area contributed by atoms with Crippen molar-refractivity contribution < 1.29 is 14.7 Å². The van der Waals surface area contributed by atoms with Crippen LogP contribution in [0.4, 0.5) is 0 Å². The summed E-state index contributed by atoms with van der Waals surface area (Å²) in [4.78, 5) is 2.31. The summed E-state index contributed by atoms with van der Waals surface area (Å²) in [7, 11) is 0. The van der Waals surface area contributed by atoms with E-state index in [4.69, 9.17) is 16.1 Å². The molecular weight excluding hydrogens is 404 g/mol. The number of hydrogen-bond donors (Lipinski definition) is 2. The number of benzene rings is 2. The smallest absolute Gasteiger partial charge is 0.175 e. The number of phenolic OH excluding ortho intramolecular Hbond substituents is 2. The van der Waals surface area contributed by atoms with E-state index in [0.717, 1.165) is 36.5 Å². The highest BCUT2D eigenvalue weighted by atomic mass is 35.5. The van der Waals surface area contributed by atoms with Crippen molar-refractivity contribution >= 4 is 11.6 Å². The fourth-order valence-corrected chi connectivity index (χ4v) is 3.99. The van der Waals surface area contributed by atoms with Gasteiger partial charge >= 0.3 is 0 Å². The highest BCUT2D eigenvalue weighted by Crippen LogP contribution is 2.40. The Morgan fingerprint density at radius 1 is 1.10 bits per heavy atom. The van der Waals surface area contributed by atoms with Crippen LogP contribution in [0.25, 0.3) is 17.0 Å². The monoisotopic (exact) mass is 422 g/mol. The molecule has 0 bridgehead atoms. The summed E-state index contributed by atoms with van der Waals surface area (Å²) < 4.78 is 7.40. The molecule has 7 nitrogen and oxygen atoms in total. The zero-order valence-corrected chi connectivity index (χ0v) is 16.8. The molecule has 1 aliphatic rings. The highest BCUT2D eigenvalue weighted by Gasteiger charge is 2.26. The molecule has 0 saturated heterocycles. The van der Waals surface area contributed by atoms with E-state index in [1.807, 2.05) is 29.1 Å². The van der Waals surface area contributed by atoms with Crippen LogP contribution in [0.15, 0.2) is 59.4 Å². The van der Waals surface area contributed by atoms with Crippen LogP contribution in [-0.2, 0) is 19.5 Å². The van der Waals surface area contributed by atoms with Crippen molar-refractivity contribution in [1.29, 1.82) is 0 Å². The number of hydrogen-bond acceptors (Lipinski definition) is 6. The van der Waals surface area contributed by atoms with E-state index in [0.29, 0.717) is 17.9 Å². The van der Waals surface area contributed by atoms with E-state index in [1.54, 1.807) is 6.20 Å². The van der Waals surface area contributed by atoms with Gasteiger partial charge in [0.05, 0.1) is 22.0 Å². The highest BCUT2D eigenvalue weighted by molar-refractivity contribution is 6.32. The number of nitrogens with zero attached hydrogens (tertiary/aromatic N) is 4. The van der Waals surface area contributed by atoms with Crippen molar-refractivity contribution in [3.63, 3.8) is 0 Å². The molecule has 0 spiro atoms. The summed E-state index contributed by atoms with van der Waals surface area (Å²) in [6.07, 6.45) is 4.44. The topological polar surface area (TPSA) is 87.5 Å². The van der Waals surface area contributed by atoms with Crippen molar-refractivity contribution in [1.82, 2.24) is 19.8 Å². The number of phenols is 2. The maximum atomic E-state index is 10.3. The minimum atomic E-state index is -0.176. The molecule has 0 unspecified atom stereocenters. The number of rotatable bonds is 4. The van der Waals surface area contributed by atoms with Gasteiger partial charge in [-0.1, -0.05) is 28.9 Å².